The lowest BCUT2D eigenvalue weighted by atomic mass is 10.1. The van der Waals surface area contributed by atoms with E-state index in [4.69, 9.17) is 4.74 Å². The van der Waals surface area contributed by atoms with E-state index in [1.54, 1.807) is 0 Å². The highest BCUT2D eigenvalue weighted by molar-refractivity contribution is 7.85. The first-order valence-electron chi connectivity index (χ1n) is 3.93. The monoisotopic (exact) mass is 192 g/mol. The zero-order valence-corrected chi connectivity index (χ0v) is 7.75. The van der Waals surface area contributed by atoms with E-state index in [0.29, 0.717) is 11.5 Å². The van der Waals surface area contributed by atoms with E-state index < -0.39 is 0 Å². The van der Waals surface area contributed by atoms with Gasteiger partial charge in [-0.2, -0.15) is 0 Å². The molecule has 1 heterocycles. The Hall–Kier alpha value is -1.22. The molecule has 66 valence electrons. The van der Waals surface area contributed by atoms with Gasteiger partial charge >= 0.3 is 5.97 Å². The third-order valence-electron chi connectivity index (χ3n) is 1.95. The maximum Gasteiger partial charge on any atom is 0.345 e. The van der Waals surface area contributed by atoms with Crippen LogP contribution in [0.5, 0.6) is 0 Å². The molecule has 0 amide bonds. The summed E-state index contributed by atoms with van der Waals surface area (Å²) in [5, 5.41) is 0. The van der Waals surface area contributed by atoms with E-state index in [2.05, 4.69) is 12.6 Å². The fraction of sp³-hybridized carbons (Fsp3) is 0.100. The van der Waals surface area contributed by atoms with Gasteiger partial charge in [0.15, 0.2) is 0 Å². The van der Waals surface area contributed by atoms with Gasteiger partial charge in [0.05, 0.1) is 4.91 Å². The quantitative estimate of drug-likeness (QED) is 0.543. The van der Waals surface area contributed by atoms with Crippen LogP contribution in [-0.4, -0.2) is 12.6 Å². The largest absolute Gasteiger partial charge is 0.457 e. The van der Waals surface area contributed by atoms with Gasteiger partial charge in [0.25, 0.3) is 0 Å². The van der Waals surface area contributed by atoms with Crippen LogP contribution in [0.1, 0.15) is 5.56 Å². The Morgan fingerprint density at radius 3 is 2.46 bits per heavy atom. The predicted molar refractivity (Wildman–Crippen MR) is 53.3 cm³/mol. The Kier molecular flexibility index (Phi) is 2.10. The van der Waals surface area contributed by atoms with E-state index in [-0.39, 0.29) is 5.97 Å². The second-order valence-electron chi connectivity index (χ2n) is 2.77. The van der Waals surface area contributed by atoms with Crippen molar-refractivity contribution in [1.29, 1.82) is 0 Å². The van der Waals surface area contributed by atoms with Crippen LogP contribution in [0.2, 0.25) is 0 Å². The van der Waals surface area contributed by atoms with Gasteiger partial charge in [-0.3, -0.25) is 0 Å². The van der Waals surface area contributed by atoms with Gasteiger partial charge in [0.1, 0.15) is 6.61 Å². The number of benzene rings is 1. The molecule has 1 aliphatic rings. The highest BCUT2D eigenvalue weighted by Crippen LogP contribution is 2.27. The van der Waals surface area contributed by atoms with Crippen molar-refractivity contribution in [3.8, 4) is 0 Å². The second kappa shape index (κ2) is 3.26. The first-order valence-corrected chi connectivity index (χ1v) is 4.38. The van der Waals surface area contributed by atoms with Crippen LogP contribution in [0.4, 0.5) is 0 Å². The van der Waals surface area contributed by atoms with Crippen LogP contribution in [0.3, 0.4) is 0 Å². The van der Waals surface area contributed by atoms with Gasteiger partial charge in [-0.25, -0.2) is 4.79 Å². The van der Waals surface area contributed by atoms with Crippen LogP contribution < -0.4 is 0 Å². The van der Waals surface area contributed by atoms with Crippen molar-refractivity contribution in [1.82, 2.24) is 0 Å². The molecule has 0 fully saturated rings. The molecule has 2 nitrogen and oxygen atoms in total. The molecule has 0 spiro atoms. The summed E-state index contributed by atoms with van der Waals surface area (Å²) in [6.45, 7) is 0.335. The fourth-order valence-electron chi connectivity index (χ4n) is 1.26. The molecular formula is C10H8O2S. The lowest BCUT2D eigenvalue weighted by Crippen LogP contribution is -1.93. The summed E-state index contributed by atoms with van der Waals surface area (Å²) >= 11 is 4.10. The molecular weight excluding hydrogens is 184 g/mol. The molecule has 0 unspecified atom stereocenters. The minimum absolute atomic E-state index is 0.331. The smallest absolute Gasteiger partial charge is 0.345 e. The molecule has 13 heavy (non-hydrogen) atoms. The molecule has 0 aromatic heterocycles. The Labute approximate surface area is 81.6 Å². The van der Waals surface area contributed by atoms with Crippen molar-refractivity contribution in [2.75, 3.05) is 6.61 Å². The molecule has 2 rings (SSSR count). The van der Waals surface area contributed by atoms with Gasteiger partial charge in [-0.05, 0) is 5.56 Å². The first-order chi connectivity index (χ1) is 6.29. The highest BCUT2D eigenvalue weighted by Gasteiger charge is 2.22. The molecule has 0 aliphatic carbocycles. The number of hydrogen-bond acceptors (Lipinski definition) is 3. The maximum absolute atomic E-state index is 11.0. The average Bonchev–Trinajstić information content (AvgIpc) is 2.49. The summed E-state index contributed by atoms with van der Waals surface area (Å²) in [5.41, 5.74) is 1.87. The SMILES string of the molecule is O=C1OCC(c2ccccc2)=C1S. The molecule has 1 aromatic carbocycles. The van der Waals surface area contributed by atoms with Crippen molar-refractivity contribution in [3.63, 3.8) is 0 Å². The highest BCUT2D eigenvalue weighted by atomic mass is 32.1. The van der Waals surface area contributed by atoms with Crippen LogP contribution >= 0.6 is 12.6 Å². The standard InChI is InChI=1S/C10H8O2S/c11-10-9(13)8(6-12-10)7-4-2-1-3-5-7/h1-5,13H,6H2. The zero-order chi connectivity index (χ0) is 9.26. The predicted octanol–water partition coefficient (Wildman–Crippen LogP) is 1.88. The lowest BCUT2D eigenvalue weighted by Gasteiger charge is -1.99. The number of carbonyl (C=O) groups excluding carboxylic acids is 1. The third kappa shape index (κ3) is 1.47. The van der Waals surface area contributed by atoms with E-state index >= 15 is 0 Å². The third-order valence-corrected chi connectivity index (χ3v) is 2.40. The van der Waals surface area contributed by atoms with Crippen LogP contribution in [0.25, 0.3) is 5.57 Å². The summed E-state index contributed by atoms with van der Waals surface area (Å²) < 4.78 is 4.84. The number of cyclic esters (lactones) is 1. The molecule has 0 radical (unpaired) electrons. The summed E-state index contributed by atoms with van der Waals surface area (Å²) in [6, 6.07) is 9.65. The Morgan fingerprint density at radius 2 is 1.92 bits per heavy atom. The van der Waals surface area contributed by atoms with Gasteiger partial charge in [-0.1, -0.05) is 30.3 Å². The second-order valence-corrected chi connectivity index (χ2v) is 3.22. The summed E-state index contributed by atoms with van der Waals surface area (Å²) in [4.78, 5) is 11.4. The molecule has 3 heteroatoms. The van der Waals surface area contributed by atoms with Crippen molar-refractivity contribution < 1.29 is 9.53 Å². The summed E-state index contributed by atoms with van der Waals surface area (Å²) in [7, 11) is 0. The molecule has 0 saturated heterocycles. The summed E-state index contributed by atoms with van der Waals surface area (Å²) in [5.74, 6) is -0.331. The number of esters is 1. The van der Waals surface area contributed by atoms with Gasteiger partial charge in [0, 0.05) is 5.57 Å². The fourth-order valence-corrected chi connectivity index (χ4v) is 1.52. The van der Waals surface area contributed by atoms with Crippen LogP contribution in [0.15, 0.2) is 35.2 Å². The number of hydrogen-bond donors (Lipinski definition) is 1. The Bertz CT molecular complexity index is 368. The maximum atomic E-state index is 11.0. The molecule has 0 bridgehead atoms. The zero-order valence-electron chi connectivity index (χ0n) is 6.86. The van der Waals surface area contributed by atoms with E-state index in [9.17, 15) is 4.79 Å². The van der Waals surface area contributed by atoms with E-state index in [1.165, 1.54) is 0 Å². The molecule has 1 aliphatic heterocycles. The van der Waals surface area contributed by atoms with Crippen LogP contribution in [-0.2, 0) is 9.53 Å². The van der Waals surface area contributed by atoms with Crippen molar-refractivity contribution in [3.05, 3.63) is 40.8 Å². The van der Waals surface area contributed by atoms with Gasteiger partial charge in [0.2, 0.25) is 0 Å². The minimum atomic E-state index is -0.331. The number of thiol groups is 1. The normalized spacial score (nSPS) is 16.2. The minimum Gasteiger partial charge on any atom is -0.457 e. The Morgan fingerprint density at radius 1 is 1.23 bits per heavy atom. The topological polar surface area (TPSA) is 26.3 Å². The lowest BCUT2D eigenvalue weighted by molar-refractivity contribution is -0.135. The Balaban J connectivity index is 2.43. The molecule has 0 N–H and O–H groups in total. The summed E-state index contributed by atoms with van der Waals surface area (Å²) in [6.07, 6.45) is 0. The van der Waals surface area contributed by atoms with E-state index in [1.807, 2.05) is 30.3 Å². The number of rotatable bonds is 1. The van der Waals surface area contributed by atoms with Crippen LogP contribution in [0, 0.1) is 0 Å². The van der Waals surface area contributed by atoms with Crippen molar-refractivity contribution in [2.45, 2.75) is 0 Å². The average molecular weight is 192 g/mol. The first kappa shape index (κ1) is 8.38. The van der Waals surface area contributed by atoms with Gasteiger partial charge in [-0.15, -0.1) is 12.6 Å². The number of ether oxygens (including phenoxy) is 1. The molecule has 0 atom stereocenters. The molecule has 1 aromatic rings. The van der Waals surface area contributed by atoms with Crippen molar-refractivity contribution >= 4 is 24.2 Å². The van der Waals surface area contributed by atoms with Gasteiger partial charge < -0.3 is 4.74 Å². The molecule has 0 saturated carbocycles. The number of carbonyl (C=O) groups is 1. The van der Waals surface area contributed by atoms with Crippen molar-refractivity contribution in [2.24, 2.45) is 0 Å². The van der Waals surface area contributed by atoms with E-state index in [0.717, 1.165) is 11.1 Å².